The second-order valence-corrected chi connectivity index (χ2v) is 7.76. The number of hydrogen-bond acceptors (Lipinski definition) is 4. The van der Waals surface area contributed by atoms with Crippen LogP contribution in [0.15, 0.2) is 11.0 Å². The molecule has 0 saturated heterocycles. The molecule has 0 fully saturated rings. The van der Waals surface area contributed by atoms with Crippen molar-refractivity contribution in [3.63, 3.8) is 0 Å². The van der Waals surface area contributed by atoms with Crippen LogP contribution in [0.25, 0.3) is 0 Å². The first kappa shape index (κ1) is 17.1. The number of aromatic carboxylic acids is 1. The van der Waals surface area contributed by atoms with Crippen LogP contribution in [0, 0.1) is 12.8 Å². The van der Waals surface area contributed by atoms with E-state index in [9.17, 15) is 13.2 Å². The van der Waals surface area contributed by atoms with E-state index in [2.05, 4.69) is 4.72 Å². The lowest BCUT2D eigenvalue weighted by atomic mass is 9.96. The summed E-state index contributed by atoms with van der Waals surface area (Å²) in [5, 5.41) is 8.93. The summed E-state index contributed by atoms with van der Waals surface area (Å²) >= 11 is 0.978. The molecule has 0 amide bonds. The van der Waals surface area contributed by atoms with Gasteiger partial charge in [-0.25, -0.2) is 17.9 Å². The molecule has 5 nitrogen and oxygen atoms in total. The fourth-order valence-corrected chi connectivity index (χ4v) is 4.98. The van der Waals surface area contributed by atoms with E-state index in [0.717, 1.165) is 24.2 Å². The molecule has 1 heterocycles. The minimum atomic E-state index is -3.67. The van der Waals surface area contributed by atoms with Crippen molar-refractivity contribution >= 4 is 27.3 Å². The first-order valence-corrected chi connectivity index (χ1v) is 8.88. The molecule has 1 atom stereocenters. The Bertz CT molecular complexity index is 573. The van der Waals surface area contributed by atoms with Crippen molar-refractivity contribution in [2.45, 2.75) is 51.5 Å². The summed E-state index contributed by atoms with van der Waals surface area (Å²) in [5.74, 6) is -0.838. The fourth-order valence-electron chi connectivity index (χ4n) is 2.24. The third kappa shape index (κ3) is 3.80. The van der Waals surface area contributed by atoms with Gasteiger partial charge in [0.05, 0.1) is 4.90 Å². The number of thiophene rings is 1. The quantitative estimate of drug-likeness (QED) is 0.809. The van der Waals surface area contributed by atoms with Gasteiger partial charge in [0.25, 0.3) is 0 Å². The molecule has 0 aliphatic carbocycles. The number of carbonyl (C=O) groups is 1. The maximum atomic E-state index is 12.3. The summed E-state index contributed by atoms with van der Waals surface area (Å²) in [7, 11) is -3.67. The van der Waals surface area contributed by atoms with Crippen molar-refractivity contribution in [3.05, 3.63) is 15.8 Å². The van der Waals surface area contributed by atoms with Crippen LogP contribution in [0.1, 0.15) is 48.2 Å². The van der Waals surface area contributed by atoms with Gasteiger partial charge >= 0.3 is 5.97 Å². The lowest BCUT2D eigenvalue weighted by Gasteiger charge is -2.22. The summed E-state index contributed by atoms with van der Waals surface area (Å²) in [4.78, 5) is 11.5. The molecule has 1 rings (SSSR count). The van der Waals surface area contributed by atoms with Gasteiger partial charge in [-0.05, 0) is 25.8 Å². The first-order valence-electron chi connectivity index (χ1n) is 6.58. The smallest absolute Gasteiger partial charge is 0.345 e. The largest absolute Gasteiger partial charge is 0.477 e. The Hall–Kier alpha value is -0.920. The zero-order chi connectivity index (χ0) is 15.5. The molecule has 0 radical (unpaired) electrons. The molecule has 0 spiro atoms. The topological polar surface area (TPSA) is 83.5 Å². The SMILES string of the molecule is CCC(CC)C(C)NS(=O)(=O)c1cc(C(=O)O)sc1C. The van der Waals surface area contributed by atoms with Gasteiger partial charge in [0, 0.05) is 10.9 Å². The average molecular weight is 319 g/mol. The highest BCUT2D eigenvalue weighted by Crippen LogP contribution is 2.26. The molecule has 114 valence electrons. The van der Waals surface area contributed by atoms with E-state index in [4.69, 9.17) is 5.11 Å². The highest BCUT2D eigenvalue weighted by atomic mass is 32.2. The van der Waals surface area contributed by atoms with Crippen LogP contribution < -0.4 is 4.72 Å². The number of aryl methyl sites for hydroxylation is 1. The van der Waals surface area contributed by atoms with Crippen LogP contribution in [-0.4, -0.2) is 25.5 Å². The van der Waals surface area contributed by atoms with Crippen LogP contribution in [-0.2, 0) is 10.0 Å². The van der Waals surface area contributed by atoms with E-state index in [-0.39, 0.29) is 21.7 Å². The van der Waals surface area contributed by atoms with Gasteiger partial charge in [-0.3, -0.25) is 0 Å². The maximum Gasteiger partial charge on any atom is 0.345 e. The molecule has 0 saturated carbocycles. The molecular weight excluding hydrogens is 298 g/mol. The molecule has 1 unspecified atom stereocenters. The number of nitrogens with one attached hydrogen (secondary N) is 1. The highest BCUT2D eigenvalue weighted by Gasteiger charge is 2.26. The Kier molecular flexibility index (Phi) is 5.73. The van der Waals surface area contributed by atoms with Gasteiger partial charge in [-0.2, -0.15) is 0 Å². The third-order valence-corrected chi connectivity index (χ3v) is 6.32. The van der Waals surface area contributed by atoms with Crippen molar-refractivity contribution < 1.29 is 18.3 Å². The molecule has 0 aliphatic rings. The summed E-state index contributed by atoms with van der Waals surface area (Å²) in [6.45, 7) is 7.51. The molecule has 0 aliphatic heterocycles. The summed E-state index contributed by atoms with van der Waals surface area (Å²) < 4.78 is 27.3. The van der Waals surface area contributed by atoms with E-state index in [1.807, 2.05) is 20.8 Å². The van der Waals surface area contributed by atoms with Crippen LogP contribution in [0.2, 0.25) is 0 Å². The Morgan fingerprint density at radius 1 is 1.40 bits per heavy atom. The predicted octanol–water partition coefficient (Wildman–Crippen LogP) is 2.86. The van der Waals surface area contributed by atoms with E-state index in [0.29, 0.717) is 4.88 Å². The van der Waals surface area contributed by atoms with Crippen molar-refractivity contribution in [2.75, 3.05) is 0 Å². The Labute approximate surface area is 124 Å². The van der Waals surface area contributed by atoms with E-state index >= 15 is 0 Å². The van der Waals surface area contributed by atoms with Gasteiger partial charge in [0.15, 0.2) is 0 Å². The molecule has 0 aromatic carbocycles. The van der Waals surface area contributed by atoms with Crippen LogP contribution in [0.5, 0.6) is 0 Å². The number of rotatable bonds is 7. The number of carboxylic acids is 1. The standard InChI is InChI=1S/C13H21NO4S2/c1-5-10(6-2)8(3)14-20(17,18)12-7-11(13(15)16)19-9(12)4/h7-8,10,14H,5-6H2,1-4H3,(H,15,16). The molecule has 7 heteroatoms. The zero-order valence-electron chi connectivity index (χ0n) is 12.1. The second-order valence-electron chi connectivity index (χ2n) is 4.82. The fraction of sp³-hybridized carbons (Fsp3) is 0.615. The van der Waals surface area contributed by atoms with E-state index in [1.54, 1.807) is 6.92 Å². The average Bonchev–Trinajstić information content (AvgIpc) is 2.73. The molecule has 1 aromatic heterocycles. The van der Waals surface area contributed by atoms with E-state index in [1.165, 1.54) is 6.07 Å². The lowest BCUT2D eigenvalue weighted by Crippen LogP contribution is -2.37. The summed E-state index contributed by atoms with van der Waals surface area (Å²) in [5.41, 5.74) is 0. The second kappa shape index (κ2) is 6.69. The van der Waals surface area contributed by atoms with Crippen molar-refractivity contribution in [1.29, 1.82) is 0 Å². The number of sulfonamides is 1. The normalized spacial score (nSPS) is 13.7. The summed E-state index contributed by atoms with van der Waals surface area (Å²) in [6.07, 6.45) is 1.78. The Morgan fingerprint density at radius 3 is 2.35 bits per heavy atom. The van der Waals surface area contributed by atoms with Gasteiger partial charge in [0.1, 0.15) is 4.88 Å². The third-order valence-electron chi connectivity index (χ3n) is 3.47. The number of carboxylic acid groups (broad SMARTS) is 1. The molecule has 0 bridgehead atoms. The van der Waals surface area contributed by atoms with Crippen LogP contribution in [0.4, 0.5) is 0 Å². The highest BCUT2D eigenvalue weighted by molar-refractivity contribution is 7.89. The Balaban J connectivity index is 3.02. The summed E-state index contributed by atoms with van der Waals surface area (Å²) in [6, 6.07) is 1.05. The zero-order valence-corrected chi connectivity index (χ0v) is 13.8. The maximum absolute atomic E-state index is 12.3. The monoisotopic (exact) mass is 319 g/mol. The van der Waals surface area contributed by atoms with Crippen molar-refractivity contribution in [1.82, 2.24) is 4.72 Å². The predicted molar refractivity (Wildman–Crippen MR) is 79.9 cm³/mol. The van der Waals surface area contributed by atoms with E-state index < -0.39 is 16.0 Å². The first-order chi connectivity index (χ1) is 9.22. The molecule has 2 N–H and O–H groups in total. The van der Waals surface area contributed by atoms with Gasteiger partial charge in [-0.15, -0.1) is 11.3 Å². The Morgan fingerprint density at radius 2 is 1.95 bits per heavy atom. The molecule has 1 aromatic rings. The molecular formula is C13H21NO4S2. The minimum absolute atomic E-state index is 0.0399. The number of hydrogen-bond donors (Lipinski definition) is 2. The minimum Gasteiger partial charge on any atom is -0.477 e. The van der Waals surface area contributed by atoms with Crippen LogP contribution >= 0.6 is 11.3 Å². The van der Waals surface area contributed by atoms with Crippen molar-refractivity contribution in [3.8, 4) is 0 Å². The van der Waals surface area contributed by atoms with Gasteiger partial charge < -0.3 is 5.11 Å². The van der Waals surface area contributed by atoms with Crippen LogP contribution in [0.3, 0.4) is 0 Å². The molecule has 20 heavy (non-hydrogen) atoms. The van der Waals surface area contributed by atoms with Gasteiger partial charge in [0.2, 0.25) is 10.0 Å². The van der Waals surface area contributed by atoms with Gasteiger partial charge in [-0.1, -0.05) is 26.7 Å². The lowest BCUT2D eigenvalue weighted by molar-refractivity contribution is 0.0702. The van der Waals surface area contributed by atoms with Crippen molar-refractivity contribution in [2.24, 2.45) is 5.92 Å².